The van der Waals surface area contributed by atoms with Gasteiger partial charge in [0.15, 0.2) is 0 Å². The smallest absolute Gasteiger partial charge is 0.318 e. The van der Waals surface area contributed by atoms with Crippen molar-refractivity contribution < 1.29 is 19.0 Å². The molecule has 0 aliphatic heterocycles. The van der Waals surface area contributed by atoms with Gasteiger partial charge in [-0.3, -0.25) is 20.2 Å². The fourth-order valence-electron chi connectivity index (χ4n) is 1.52. The highest BCUT2D eigenvalue weighted by molar-refractivity contribution is 9.10. The zero-order chi connectivity index (χ0) is 15.6. The number of benzene rings is 2. The van der Waals surface area contributed by atoms with Gasteiger partial charge in [-0.2, -0.15) is 0 Å². The highest BCUT2D eigenvalue weighted by Crippen LogP contribution is 2.37. The first-order chi connectivity index (χ1) is 9.88. The van der Waals surface area contributed by atoms with Crippen LogP contribution in [0.4, 0.5) is 15.8 Å². The summed E-state index contributed by atoms with van der Waals surface area (Å²) >= 11 is 3.06. The number of rotatable bonds is 4. The van der Waals surface area contributed by atoms with Crippen molar-refractivity contribution in [2.45, 2.75) is 0 Å². The van der Waals surface area contributed by atoms with Gasteiger partial charge in [0.1, 0.15) is 11.6 Å². The van der Waals surface area contributed by atoms with Crippen molar-refractivity contribution in [1.82, 2.24) is 0 Å². The van der Waals surface area contributed by atoms with Gasteiger partial charge in [-0.05, 0) is 40.2 Å². The zero-order valence-electron chi connectivity index (χ0n) is 10.2. The van der Waals surface area contributed by atoms with Gasteiger partial charge in [0.25, 0.3) is 5.69 Å². The molecule has 9 heteroatoms. The minimum absolute atomic E-state index is 0.147. The van der Waals surface area contributed by atoms with Crippen LogP contribution in [0.2, 0.25) is 0 Å². The molecule has 0 aliphatic carbocycles. The summed E-state index contributed by atoms with van der Waals surface area (Å²) in [5.74, 6) is -0.543. The summed E-state index contributed by atoms with van der Waals surface area (Å²) < 4.78 is 18.5. The first-order valence-electron chi connectivity index (χ1n) is 5.44. The Morgan fingerprint density at radius 3 is 2.24 bits per heavy atom. The molecule has 0 radical (unpaired) electrons. The topological polar surface area (TPSA) is 95.5 Å². The van der Waals surface area contributed by atoms with Crippen LogP contribution in [0.3, 0.4) is 0 Å². The molecule has 21 heavy (non-hydrogen) atoms. The van der Waals surface area contributed by atoms with E-state index < -0.39 is 27.0 Å². The van der Waals surface area contributed by atoms with Crippen molar-refractivity contribution in [2.75, 3.05) is 0 Å². The van der Waals surface area contributed by atoms with Crippen LogP contribution < -0.4 is 4.74 Å². The monoisotopic (exact) mass is 356 g/mol. The lowest BCUT2D eigenvalue weighted by atomic mass is 10.2. The van der Waals surface area contributed by atoms with E-state index in [0.717, 1.165) is 30.3 Å². The standard InChI is InChI=1S/C12H6BrFN2O5/c13-9-5-7(14)1-3-11(9)21-12-4-2-8(15(17)18)6-10(12)16(19)20/h1-6H. The molecule has 0 fully saturated rings. The average molecular weight is 357 g/mol. The molecule has 0 aliphatic rings. The number of hydrogen-bond donors (Lipinski definition) is 0. The van der Waals surface area contributed by atoms with Crippen LogP contribution in [0.25, 0.3) is 0 Å². The van der Waals surface area contributed by atoms with E-state index in [-0.39, 0.29) is 16.0 Å². The molecule has 108 valence electrons. The second kappa shape index (κ2) is 5.83. The van der Waals surface area contributed by atoms with E-state index in [1.807, 2.05) is 0 Å². The predicted molar refractivity (Wildman–Crippen MR) is 73.9 cm³/mol. The zero-order valence-corrected chi connectivity index (χ0v) is 11.7. The van der Waals surface area contributed by atoms with Gasteiger partial charge in [-0.25, -0.2) is 4.39 Å². The molecule has 0 heterocycles. The van der Waals surface area contributed by atoms with E-state index in [1.165, 1.54) is 6.07 Å². The Labute approximate surface area is 125 Å². The maximum absolute atomic E-state index is 13.0. The number of nitro groups is 2. The van der Waals surface area contributed by atoms with Gasteiger partial charge in [0.2, 0.25) is 5.75 Å². The van der Waals surface area contributed by atoms with Crippen LogP contribution in [0.5, 0.6) is 11.5 Å². The molecular formula is C12H6BrFN2O5. The largest absolute Gasteiger partial charge is 0.449 e. The molecule has 0 spiro atoms. The molecule has 0 saturated carbocycles. The molecule has 0 amide bonds. The van der Waals surface area contributed by atoms with Crippen molar-refractivity contribution >= 4 is 27.3 Å². The number of ether oxygens (including phenoxy) is 1. The fraction of sp³-hybridized carbons (Fsp3) is 0. The lowest BCUT2D eigenvalue weighted by molar-refractivity contribution is -0.394. The summed E-state index contributed by atoms with van der Waals surface area (Å²) in [6, 6.07) is 6.53. The summed E-state index contributed by atoms with van der Waals surface area (Å²) in [6.07, 6.45) is 0. The van der Waals surface area contributed by atoms with Crippen LogP contribution in [0.1, 0.15) is 0 Å². The van der Waals surface area contributed by atoms with Crippen LogP contribution in [0, 0.1) is 26.0 Å². The third-order valence-corrected chi connectivity index (χ3v) is 3.08. The highest BCUT2D eigenvalue weighted by atomic mass is 79.9. The Bertz CT molecular complexity index is 738. The quantitative estimate of drug-likeness (QED) is 0.604. The van der Waals surface area contributed by atoms with E-state index in [0.29, 0.717) is 0 Å². The van der Waals surface area contributed by atoms with E-state index in [2.05, 4.69) is 15.9 Å². The molecule has 2 rings (SSSR count). The Morgan fingerprint density at radius 1 is 1.00 bits per heavy atom. The van der Waals surface area contributed by atoms with Gasteiger partial charge >= 0.3 is 5.69 Å². The van der Waals surface area contributed by atoms with Gasteiger partial charge in [-0.15, -0.1) is 0 Å². The van der Waals surface area contributed by atoms with Crippen molar-refractivity contribution in [3.8, 4) is 11.5 Å². The van der Waals surface area contributed by atoms with Crippen molar-refractivity contribution in [3.63, 3.8) is 0 Å². The Balaban J connectivity index is 2.44. The summed E-state index contributed by atoms with van der Waals surface area (Å²) in [7, 11) is 0. The molecule has 0 atom stereocenters. The van der Waals surface area contributed by atoms with E-state index in [1.54, 1.807) is 0 Å². The average Bonchev–Trinajstić information content (AvgIpc) is 2.41. The second-order valence-electron chi connectivity index (χ2n) is 3.84. The minimum atomic E-state index is -0.792. The number of halogens is 2. The number of hydrogen-bond acceptors (Lipinski definition) is 5. The molecule has 0 saturated heterocycles. The first kappa shape index (κ1) is 14.9. The van der Waals surface area contributed by atoms with Crippen molar-refractivity contribution in [1.29, 1.82) is 0 Å². The lowest BCUT2D eigenvalue weighted by Crippen LogP contribution is -1.96. The lowest BCUT2D eigenvalue weighted by Gasteiger charge is -2.08. The Morgan fingerprint density at radius 2 is 1.67 bits per heavy atom. The molecular weight excluding hydrogens is 351 g/mol. The fourth-order valence-corrected chi connectivity index (χ4v) is 1.96. The van der Waals surface area contributed by atoms with E-state index in [4.69, 9.17) is 4.74 Å². The molecule has 2 aromatic carbocycles. The number of nitro benzene ring substituents is 2. The third kappa shape index (κ3) is 3.31. The Kier molecular flexibility index (Phi) is 4.13. The third-order valence-electron chi connectivity index (χ3n) is 2.46. The van der Waals surface area contributed by atoms with Gasteiger partial charge in [-0.1, -0.05) is 0 Å². The van der Waals surface area contributed by atoms with Gasteiger partial charge in [0.05, 0.1) is 20.4 Å². The summed E-state index contributed by atoms with van der Waals surface area (Å²) in [6.45, 7) is 0. The highest BCUT2D eigenvalue weighted by Gasteiger charge is 2.21. The molecule has 0 aromatic heterocycles. The second-order valence-corrected chi connectivity index (χ2v) is 4.70. The van der Waals surface area contributed by atoms with Crippen molar-refractivity contribution in [3.05, 3.63) is 66.9 Å². The predicted octanol–water partition coefficient (Wildman–Crippen LogP) is 4.20. The SMILES string of the molecule is O=[N+]([O-])c1ccc(Oc2ccc(F)cc2Br)c([N+](=O)[O-])c1. The van der Waals surface area contributed by atoms with Crippen molar-refractivity contribution in [2.24, 2.45) is 0 Å². The van der Waals surface area contributed by atoms with E-state index >= 15 is 0 Å². The molecule has 0 bridgehead atoms. The summed E-state index contributed by atoms with van der Waals surface area (Å²) in [5.41, 5.74) is -0.979. The van der Waals surface area contributed by atoms with Crippen LogP contribution in [0.15, 0.2) is 40.9 Å². The van der Waals surface area contributed by atoms with Crippen LogP contribution in [-0.4, -0.2) is 9.85 Å². The van der Waals surface area contributed by atoms with E-state index in [9.17, 15) is 24.6 Å². The molecule has 0 N–H and O–H groups in total. The van der Waals surface area contributed by atoms with Crippen LogP contribution in [-0.2, 0) is 0 Å². The normalized spacial score (nSPS) is 10.2. The molecule has 7 nitrogen and oxygen atoms in total. The summed E-state index contributed by atoms with van der Waals surface area (Å²) in [4.78, 5) is 20.0. The Hall–Kier alpha value is -2.55. The maximum Gasteiger partial charge on any atom is 0.318 e. The van der Waals surface area contributed by atoms with Gasteiger partial charge < -0.3 is 4.74 Å². The maximum atomic E-state index is 13.0. The van der Waals surface area contributed by atoms with Crippen LogP contribution >= 0.6 is 15.9 Å². The molecule has 2 aromatic rings. The number of nitrogens with zero attached hydrogens (tertiary/aromatic N) is 2. The van der Waals surface area contributed by atoms with Gasteiger partial charge in [0, 0.05) is 6.07 Å². The number of non-ortho nitro benzene ring substituents is 1. The summed E-state index contributed by atoms with van der Waals surface area (Å²) in [5, 5.41) is 21.6. The minimum Gasteiger partial charge on any atom is -0.449 e. The first-order valence-corrected chi connectivity index (χ1v) is 6.23. The molecule has 0 unspecified atom stereocenters.